The molecule has 0 saturated heterocycles. The van der Waals surface area contributed by atoms with Crippen molar-refractivity contribution in [3.8, 4) is 11.8 Å². The summed E-state index contributed by atoms with van der Waals surface area (Å²) in [6, 6.07) is 13.9. The monoisotopic (exact) mass is 321 g/mol. The fourth-order valence-corrected chi connectivity index (χ4v) is 2.27. The molecule has 2 rings (SSSR count). The van der Waals surface area contributed by atoms with Crippen molar-refractivity contribution in [1.29, 1.82) is 5.26 Å². The first-order chi connectivity index (χ1) is 11.5. The van der Waals surface area contributed by atoms with Crippen LogP contribution in [0.25, 0.3) is 0 Å². The van der Waals surface area contributed by atoms with Crippen LogP contribution in [0, 0.1) is 18.3 Å². The molecule has 0 aliphatic heterocycles. The van der Waals surface area contributed by atoms with Gasteiger partial charge in [-0.3, -0.25) is 4.79 Å². The molecule has 1 amide bonds. The number of phenols is 1. The summed E-state index contributed by atoms with van der Waals surface area (Å²) in [5.41, 5.74) is 3.53. The number of benzene rings is 2. The third-order valence-corrected chi connectivity index (χ3v) is 3.59. The van der Waals surface area contributed by atoms with Gasteiger partial charge < -0.3 is 15.7 Å². The molecule has 0 aliphatic carbocycles. The van der Waals surface area contributed by atoms with Gasteiger partial charge in [-0.1, -0.05) is 25.1 Å². The van der Waals surface area contributed by atoms with E-state index in [4.69, 9.17) is 0 Å². The molecule has 0 heterocycles. The average Bonchev–Trinajstić information content (AvgIpc) is 2.58. The average molecular weight is 321 g/mol. The van der Waals surface area contributed by atoms with Crippen molar-refractivity contribution < 1.29 is 9.90 Å². The van der Waals surface area contributed by atoms with E-state index in [1.807, 2.05) is 38.1 Å². The molecular weight excluding hydrogens is 302 g/mol. The van der Waals surface area contributed by atoms with Crippen molar-refractivity contribution in [1.82, 2.24) is 0 Å². The minimum Gasteiger partial charge on any atom is -0.508 e. The predicted octanol–water partition coefficient (Wildman–Crippen LogP) is 3.72. The molecule has 0 atom stereocenters. The third-order valence-electron chi connectivity index (χ3n) is 3.59. The van der Waals surface area contributed by atoms with Crippen LogP contribution in [0.5, 0.6) is 5.75 Å². The second-order valence-electron chi connectivity index (χ2n) is 5.28. The Morgan fingerprint density at radius 2 is 1.96 bits per heavy atom. The van der Waals surface area contributed by atoms with Gasteiger partial charge in [0, 0.05) is 17.6 Å². The fourth-order valence-electron chi connectivity index (χ4n) is 2.27. The molecule has 0 bridgehead atoms. The smallest absolute Gasteiger partial charge is 0.267 e. The van der Waals surface area contributed by atoms with E-state index in [0.29, 0.717) is 5.69 Å². The number of carbonyl (C=O) groups excluding carboxylic acids is 1. The number of rotatable bonds is 5. The Morgan fingerprint density at radius 3 is 2.58 bits per heavy atom. The number of hydrogen-bond acceptors (Lipinski definition) is 4. The van der Waals surface area contributed by atoms with Gasteiger partial charge in [-0.05, 0) is 48.7 Å². The molecule has 0 saturated carbocycles. The Bertz CT molecular complexity index is 802. The number of aryl methyl sites for hydroxylation is 2. The topological polar surface area (TPSA) is 85.2 Å². The van der Waals surface area contributed by atoms with E-state index in [-0.39, 0.29) is 11.3 Å². The molecule has 3 N–H and O–H groups in total. The number of aromatic hydroxyl groups is 1. The molecular formula is C19H19N3O2. The van der Waals surface area contributed by atoms with Crippen LogP contribution in [0.1, 0.15) is 18.1 Å². The molecule has 0 spiro atoms. The molecule has 2 aromatic carbocycles. The van der Waals surface area contributed by atoms with E-state index in [1.54, 1.807) is 12.1 Å². The summed E-state index contributed by atoms with van der Waals surface area (Å²) in [6.45, 7) is 4.02. The van der Waals surface area contributed by atoms with Gasteiger partial charge in [-0.15, -0.1) is 0 Å². The SMILES string of the molecule is CCc1cccc(C)c1N/C=C(/C#N)C(=O)Nc1ccc(O)cc1. The van der Waals surface area contributed by atoms with Gasteiger partial charge in [0.2, 0.25) is 0 Å². The summed E-state index contributed by atoms with van der Waals surface area (Å²) in [5, 5.41) is 24.2. The maximum Gasteiger partial charge on any atom is 0.267 e. The quantitative estimate of drug-likeness (QED) is 0.445. The van der Waals surface area contributed by atoms with Crippen LogP contribution in [0.2, 0.25) is 0 Å². The normalized spacial score (nSPS) is 10.8. The Labute approximate surface area is 141 Å². The number of amides is 1. The Hall–Kier alpha value is -3.26. The predicted molar refractivity (Wildman–Crippen MR) is 94.6 cm³/mol. The number of nitrogens with zero attached hydrogens (tertiary/aromatic N) is 1. The molecule has 0 unspecified atom stereocenters. The first kappa shape index (κ1) is 17.1. The van der Waals surface area contributed by atoms with Crippen LogP contribution in [0.4, 0.5) is 11.4 Å². The van der Waals surface area contributed by atoms with Crippen LogP contribution in [0.3, 0.4) is 0 Å². The third kappa shape index (κ3) is 4.14. The lowest BCUT2D eigenvalue weighted by Crippen LogP contribution is -2.14. The highest BCUT2D eigenvalue weighted by molar-refractivity contribution is 6.06. The second-order valence-corrected chi connectivity index (χ2v) is 5.28. The number of hydrogen-bond donors (Lipinski definition) is 3. The van der Waals surface area contributed by atoms with E-state index >= 15 is 0 Å². The van der Waals surface area contributed by atoms with Gasteiger partial charge in [0.1, 0.15) is 17.4 Å². The number of nitriles is 1. The molecule has 0 aliphatic rings. The molecule has 24 heavy (non-hydrogen) atoms. The van der Waals surface area contributed by atoms with Crippen molar-refractivity contribution in [2.24, 2.45) is 0 Å². The molecule has 0 fully saturated rings. The van der Waals surface area contributed by atoms with Gasteiger partial charge in [0.05, 0.1) is 0 Å². The van der Waals surface area contributed by atoms with Crippen molar-refractivity contribution in [3.63, 3.8) is 0 Å². The summed E-state index contributed by atoms with van der Waals surface area (Å²) in [6.07, 6.45) is 2.26. The van der Waals surface area contributed by atoms with Crippen LogP contribution >= 0.6 is 0 Å². The lowest BCUT2D eigenvalue weighted by molar-refractivity contribution is -0.112. The maximum atomic E-state index is 12.2. The van der Waals surface area contributed by atoms with Crippen molar-refractivity contribution >= 4 is 17.3 Å². The van der Waals surface area contributed by atoms with Crippen LogP contribution in [0.15, 0.2) is 54.2 Å². The first-order valence-corrected chi connectivity index (χ1v) is 7.60. The maximum absolute atomic E-state index is 12.2. The highest BCUT2D eigenvalue weighted by Gasteiger charge is 2.10. The summed E-state index contributed by atoms with van der Waals surface area (Å²) in [5.74, 6) is -0.403. The molecule has 5 heteroatoms. The second kappa shape index (κ2) is 7.84. The zero-order valence-electron chi connectivity index (χ0n) is 13.6. The summed E-state index contributed by atoms with van der Waals surface area (Å²) in [4.78, 5) is 12.2. The number of anilines is 2. The van der Waals surface area contributed by atoms with Gasteiger partial charge >= 0.3 is 0 Å². The minimum absolute atomic E-state index is 0.0339. The fraction of sp³-hybridized carbons (Fsp3) is 0.158. The van der Waals surface area contributed by atoms with Gasteiger partial charge in [0.15, 0.2) is 0 Å². The zero-order chi connectivity index (χ0) is 17.5. The van der Waals surface area contributed by atoms with E-state index in [9.17, 15) is 15.2 Å². The van der Waals surface area contributed by atoms with E-state index < -0.39 is 5.91 Å². The standard InChI is InChI=1S/C19H19N3O2/c1-3-14-6-4-5-13(2)18(14)21-12-15(11-20)19(24)22-16-7-9-17(23)10-8-16/h4-10,12,21,23H,3H2,1-2H3,(H,22,24)/b15-12-. The number of carbonyl (C=O) groups is 1. The van der Waals surface area contributed by atoms with Gasteiger partial charge in [-0.25, -0.2) is 0 Å². The van der Waals surface area contributed by atoms with Crippen molar-refractivity contribution in [2.45, 2.75) is 20.3 Å². The first-order valence-electron chi connectivity index (χ1n) is 7.60. The number of nitrogens with one attached hydrogen (secondary N) is 2. The van der Waals surface area contributed by atoms with E-state index in [1.165, 1.54) is 18.3 Å². The Kier molecular flexibility index (Phi) is 5.58. The van der Waals surface area contributed by atoms with Gasteiger partial charge in [-0.2, -0.15) is 5.26 Å². The molecule has 122 valence electrons. The lowest BCUT2D eigenvalue weighted by Gasteiger charge is -2.11. The zero-order valence-corrected chi connectivity index (χ0v) is 13.6. The van der Waals surface area contributed by atoms with Gasteiger partial charge in [0.25, 0.3) is 5.91 Å². The summed E-state index contributed by atoms with van der Waals surface area (Å²) in [7, 11) is 0. The lowest BCUT2D eigenvalue weighted by atomic mass is 10.1. The Morgan fingerprint density at radius 1 is 1.25 bits per heavy atom. The summed E-state index contributed by atoms with van der Waals surface area (Å²) >= 11 is 0. The number of para-hydroxylation sites is 1. The summed E-state index contributed by atoms with van der Waals surface area (Å²) < 4.78 is 0. The van der Waals surface area contributed by atoms with E-state index in [0.717, 1.165) is 23.2 Å². The van der Waals surface area contributed by atoms with Crippen molar-refractivity contribution in [3.05, 3.63) is 65.4 Å². The highest BCUT2D eigenvalue weighted by Crippen LogP contribution is 2.21. The van der Waals surface area contributed by atoms with Crippen LogP contribution in [-0.4, -0.2) is 11.0 Å². The molecule has 0 aromatic heterocycles. The van der Waals surface area contributed by atoms with Crippen LogP contribution in [-0.2, 0) is 11.2 Å². The molecule has 5 nitrogen and oxygen atoms in total. The van der Waals surface area contributed by atoms with Crippen molar-refractivity contribution in [2.75, 3.05) is 10.6 Å². The minimum atomic E-state index is -0.512. The Balaban J connectivity index is 2.16. The molecule has 0 radical (unpaired) electrons. The largest absolute Gasteiger partial charge is 0.508 e. The highest BCUT2D eigenvalue weighted by atomic mass is 16.3. The van der Waals surface area contributed by atoms with Crippen LogP contribution < -0.4 is 10.6 Å². The van der Waals surface area contributed by atoms with E-state index in [2.05, 4.69) is 10.6 Å². The molecule has 2 aromatic rings. The number of phenolic OH excluding ortho intramolecular Hbond substituents is 1.